The van der Waals surface area contributed by atoms with Gasteiger partial charge >= 0.3 is 0 Å². The normalized spacial score (nSPS) is 22.9. The van der Waals surface area contributed by atoms with Gasteiger partial charge in [-0.05, 0) is 31.4 Å². The highest BCUT2D eigenvalue weighted by atomic mass is 35.5. The molecular formula is C21H28ClN5O. The second-order valence-corrected chi connectivity index (χ2v) is 7.94. The largest absolute Gasteiger partial charge is 0.337 e. The minimum absolute atomic E-state index is 0. The number of benzene rings is 1. The highest BCUT2D eigenvalue weighted by Crippen LogP contribution is 2.42. The van der Waals surface area contributed by atoms with Crippen molar-refractivity contribution < 1.29 is 4.79 Å². The van der Waals surface area contributed by atoms with Gasteiger partial charge in [0.1, 0.15) is 0 Å². The van der Waals surface area contributed by atoms with Gasteiger partial charge in [-0.1, -0.05) is 18.2 Å². The molecule has 2 aromatic rings. The second-order valence-electron chi connectivity index (χ2n) is 7.94. The Balaban J connectivity index is 0.00000192. The van der Waals surface area contributed by atoms with Crippen LogP contribution in [0.5, 0.6) is 0 Å². The molecule has 1 atom stereocenters. The van der Waals surface area contributed by atoms with Crippen molar-refractivity contribution in [3.05, 3.63) is 47.8 Å². The molecule has 0 spiro atoms. The topological polar surface area (TPSA) is 53.4 Å². The first kappa shape index (κ1) is 19.4. The maximum atomic E-state index is 13.3. The Morgan fingerprint density at radius 1 is 1.04 bits per heavy atom. The van der Waals surface area contributed by atoms with Crippen molar-refractivity contribution in [2.45, 2.75) is 31.2 Å². The van der Waals surface area contributed by atoms with Gasteiger partial charge < -0.3 is 10.2 Å². The maximum Gasteiger partial charge on any atom is 0.257 e. The van der Waals surface area contributed by atoms with E-state index in [4.69, 9.17) is 0 Å². The van der Waals surface area contributed by atoms with E-state index in [0.717, 1.165) is 75.5 Å². The van der Waals surface area contributed by atoms with Gasteiger partial charge in [-0.15, -0.1) is 12.4 Å². The van der Waals surface area contributed by atoms with Gasteiger partial charge in [-0.25, -0.2) is 4.68 Å². The Hall–Kier alpha value is -1.89. The number of nitrogens with one attached hydrogen (secondary N) is 1. The van der Waals surface area contributed by atoms with Crippen LogP contribution in [0.15, 0.2) is 36.5 Å². The van der Waals surface area contributed by atoms with Gasteiger partial charge in [-0.3, -0.25) is 9.69 Å². The van der Waals surface area contributed by atoms with Crippen molar-refractivity contribution in [1.29, 1.82) is 0 Å². The first-order chi connectivity index (χ1) is 13.3. The van der Waals surface area contributed by atoms with E-state index in [1.54, 1.807) is 6.20 Å². The first-order valence-electron chi connectivity index (χ1n) is 10.2. The SMILES string of the molecule is Cl.O=C(c1cnn(-c2ccccc2)c1C1CC1)N1CCC(N2CCNCC2)C1. The minimum Gasteiger partial charge on any atom is -0.337 e. The Morgan fingerprint density at radius 2 is 1.79 bits per heavy atom. The Morgan fingerprint density at radius 3 is 2.50 bits per heavy atom. The molecule has 2 aliphatic heterocycles. The van der Waals surface area contributed by atoms with Crippen LogP contribution in [0.3, 0.4) is 0 Å². The number of aromatic nitrogens is 2. The van der Waals surface area contributed by atoms with E-state index in [9.17, 15) is 4.79 Å². The van der Waals surface area contributed by atoms with Crippen LogP contribution in [-0.4, -0.2) is 70.8 Å². The van der Waals surface area contributed by atoms with E-state index in [0.29, 0.717) is 12.0 Å². The van der Waals surface area contributed by atoms with Gasteiger partial charge in [0.2, 0.25) is 0 Å². The van der Waals surface area contributed by atoms with Crippen molar-refractivity contribution in [2.24, 2.45) is 0 Å². The summed E-state index contributed by atoms with van der Waals surface area (Å²) in [5.74, 6) is 0.634. The minimum atomic E-state index is 0. The summed E-state index contributed by atoms with van der Waals surface area (Å²) in [5.41, 5.74) is 2.96. The number of hydrogen-bond donors (Lipinski definition) is 1. The number of piperazine rings is 1. The van der Waals surface area contributed by atoms with Crippen LogP contribution >= 0.6 is 12.4 Å². The molecule has 7 heteroatoms. The molecule has 5 rings (SSSR count). The second kappa shape index (κ2) is 8.23. The average molecular weight is 402 g/mol. The lowest BCUT2D eigenvalue weighted by Crippen LogP contribution is -2.49. The summed E-state index contributed by atoms with van der Waals surface area (Å²) < 4.78 is 1.98. The van der Waals surface area contributed by atoms with Crippen molar-refractivity contribution in [2.75, 3.05) is 39.3 Å². The highest BCUT2D eigenvalue weighted by molar-refractivity contribution is 5.95. The molecule has 1 aliphatic carbocycles. The van der Waals surface area contributed by atoms with Crippen LogP contribution in [0.4, 0.5) is 0 Å². The zero-order valence-corrected chi connectivity index (χ0v) is 16.9. The summed E-state index contributed by atoms with van der Waals surface area (Å²) in [6, 6.07) is 10.7. The molecule has 28 heavy (non-hydrogen) atoms. The number of carbonyl (C=O) groups excluding carboxylic acids is 1. The van der Waals surface area contributed by atoms with Crippen LogP contribution in [-0.2, 0) is 0 Å². The molecule has 1 amide bonds. The molecule has 3 fully saturated rings. The molecule has 150 valence electrons. The number of rotatable bonds is 4. The number of hydrogen-bond acceptors (Lipinski definition) is 4. The standard InChI is InChI=1S/C21H27N5O.ClH/c27-21(25-11-8-18(15-25)24-12-9-22-10-13-24)19-14-23-26(20(19)16-6-7-16)17-4-2-1-3-5-17;/h1-5,14,16,18,22H,6-13,15H2;1H. The number of carbonyl (C=O) groups is 1. The zero-order chi connectivity index (χ0) is 18.2. The number of nitrogens with zero attached hydrogens (tertiary/aromatic N) is 4. The fourth-order valence-electron chi connectivity index (χ4n) is 4.49. The summed E-state index contributed by atoms with van der Waals surface area (Å²) in [6.07, 6.45) is 5.18. The molecule has 0 radical (unpaired) electrons. The lowest BCUT2D eigenvalue weighted by molar-refractivity contribution is 0.0772. The maximum absolute atomic E-state index is 13.3. The zero-order valence-electron chi connectivity index (χ0n) is 16.1. The fourth-order valence-corrected chi connectivity index (χ4v) is 4.49. The molecule has 1 saturated carbocycles. The van der Waals surface area contributed by atoms with Crippen LogP contribution < -0.4 is 5.32 Å². The molecule has 3 heterocycles. The van der Waals surface area contributed by atoms with Gasteiger partial charge in [0.25, 0.3) is 5.91 Å². The monoisotopic (exact) mass is 401 g/mol. The number of para-hydroxylation sites is 1. The molecule has 1 aromatic carbocycles. The summed E-state index contributed by atoms with van der Waals surface area (Å²) in [7, 11) is 0. The van der Waals surface area contributed by atoms with Gasteiger partial charge in [0.05, 0.1) is 23.1 Å². The van der Waals surface area contributed by atoms with Crippen molar-refractivity contribution in [3.63, 3.8) is 0 Å². The average Bonchev–Trinajstić information content (AvgIpc) is 3.28. The molecule has 1 N–H and O–H groups in total. The van der Waals surface area contributed by atoms with Gasteiger partial charge in [-0.2, -0.15) is 5.10 Å². The fraction of sp³-hybridized carbons (Fsp3) is 0.524. The lowest BCUT2D eigenvalue weighted by Gasteiger charge is -2.32. The smallest absolute Gasteiger partial charge is 0.257 e. The van der Waals surface area contributed by atoms with E-state index in [1.807, 2.05) is 27.8 Å². The Kier molecular flexibility index (Phi) is 5.71. The van der Waals surface area contributed by atoms with Crippen LogP contribution in [0, 0.1) is 0 Å². The van der Waals surface area contributed by atoms with E-state index in [2.05, 4.69) is 27.4 Å². The van der Waals surface area contributed by atoms with Crippen molar-refractivity contribution in [3.8, 4) is 5.69 Å². The van der Waals surface area contributed by atoms with Gasteiger partial charge in [0.15, 0.2) is 0 Å². The molecule has 3 aliphatic rings. The molecule has 6 nitrogen and oxygen atoms in total. The summed E-state index contributed by atoms with van der Waals surface area (Å²) in [4.78, 5) is 17.9. The third-order valence-electron chi connectivity index (χ3n) is 6.12. The van der Waals surface area contributed by atoms with E-state index in [-0.39, 0.29) is 18.3 Å². The van der Waals surface area contributed by atoms with Crippen molar-refractivity contribution >= 4 is 18.3 Å². The summed E-state index contributed by atoms with van der Waals surface area (Å²) in [5, 5.41) is 8.01. The van der Waals surface area contributed by atoms with Crippen LogP contribution in [0.1, 0.15) is 41.2 Å². The number of halogens is 1. The van der Waals surface area contributed by atoms with E-state index in [1.165, 1.54) is 0 Å². The van der Waals surface area contributed by atoms with Gasteiger partial charge in [0, 0.05) is 51.2 Å². The highest BCUT2D eigenvalue weighted by Gasteiger charge is 2.37. The molecular weight excluding hydrogens is 374 g/mol. The van der Waals surface area contributed by atoms with Crippen LogP contribution in [0.2, 0.25) is 0 Å². The lowest BCUT2D eigenvalue weighted by atomic mass is 10.1. The Labute approximate surface area is 172 Å². The van der Waals surface area contributed by atoms with Crippen molar-refractivity contribution in [1.82, 2.24) is 24.9 Å². The molecule has 1 aromatic heterocycles. The number of likely N-dealkylation sites (tertiary alicyclic amines) is 1. The van der Waals surface area contributed by atoms with E-state index >= 15 is 0 Å². The number of amides is 1. The molecule has 2 saturated heterocycles. The Bertz CT molecular complexity index is 813. The van der Waals surface area contributed by atoms with Crippen LogP contribution in [0.25, 0.3) is 5.69 Å². The summed E-state index contributed by atoms with van der Waals surface area (Å²) in [6.45, 7) is 5.99. The molecule has 1 unspecified atom stereocenters. The van der Waals surface area contributed by atoms with E-state index < -0.39 is 0 Å². The first-order valence-corrected chi connectivity index (χ1v) is 10.2. The predicted molar refractivity (Wildman–Crippen MR) is 112 cm³/mol. The summed E-state index contributed by atoms with van der Waals surface area (Å²) >= 11 is 0. The third kappa shape index (κ3) is 3.69. The predicted octanol–water partition coefficient (Wildman–Crippen LogP) is 2.29. The molecule has 0 bridgehead atoms. The quantitative estimate of drug-likeness (QED) is 0.854. The third-order valence-corrected chi connectivity index (χ3v) is 6.12.